The number of hydrogen-bond donors (Lipinski definition) is 1. The average molecular weight is 318 g/mol. The molecular formula is C13H24BrN3O. The van der Waals surface area contributed by atoms with Crippen molar-refractivity contribution in [1.82, 2.24) is 9.78 Å². The molecule has 0 amide bonds. The largest absolute Gasteiger partial charge is 0.381 e. The summed E-state index contributed by atoms with van der Waals surface area (Å²) in [7, 11) is 1.97. The van der Waals surface area contributed by atoms with E-state index in [9.17, 15) is 0 Å². The lowest BCUT2D eigenvalue weighted by molar-refractivity contribution is 0.127. The average Bonchev–Trinajstić information content (AvgIpc) is 2.62. The first kappa shape index (κ1) is 15.7. The fraction of sp³-hybridized carbons (Fsp3) is 0.769. The van der Waals surface area contributed by atoms with E-state index in [0.29, 0.717) is 0 Å². The summed E-state index contributed by atoms with van der Waals surface area (Å²) in [5.41, 5.74) is 8.41. The van der Waals surface area contributed by atoms with Crippen LogP contribution in [-0.4, -0.2) is 29.0 Å². The van der Waals surface area contributed by atoms with Gasteiger partial charge in [-0.1, -0.05) is 13.8 Å². The van der Waals surface area contributed by atoms with E-state index in [-0.39, 0.29) is 6.04 Å². The summed E-state index contributed by atoms with van der Waals surface area (Å²) in [6.45, 7) is 5.78. The van der Waals surface area contributed by atoms with Gasteiger partial charge >= 0.3 is 0 Å². The van der Waals surface area contributed by atoms with Crippen LogP contribution >= 0.6 is 15.9 Å². The smallest absolute Gasteiger partial charge is 0.0766 e. The second-order valence-electron chi connectivity index (χ2n) is 4.55. The van der Waals surface area contributed by atoms with Crippen LogP contribution < -0.4 is 5.73 Å². The highest BCUT2D eigenvalue weighted by Crippen LogP contribution is 2.22. The Morgan fingerprint density at radius 1 is 1.39 bits per heavy atom. The summed E-state index contributed by atoms with van der Waals surface area (Å²) in [6.07, 6.45) is 3.71. The van der Waals surface area contributed by atoms with Crippen molar-refractivity contribution in [2.45, 2.75) is 45.6 Å². The third-order valence-corrected chi connectivity index (χ3v) is 3.86. The molecule has 0 bridgehead atoms. The molecule has 0 aliphatic rings. The van der Waals surface area contributed by atoms with Crippen LogP contribution in [0.25, 0.3) is 0 Å². The topological polar surface area (TPSA) is 53.1 Å². The first-order valence-corrected chi connectivity index (χ1v) is 7.42. The molecule has 2 N–H and O–H groups in total. The fourth-order valence-electron chi connectivity index (χ4n) is 1.87. The van der Waals surface area contributed by atoms with E-state index in [4.69, 9.17) is 10.5 Å². The highest BCUT2D eigenvalue weighted by atomic mass is 79.9. The fourth-order valence-corrected chi connectivity index (χ4v) is 2.65. The third-order valence-electron chi connectivity index (χ3n) is 2.94. The first-order chi connectivity index (χ1) is 8.60. The third kappa shape index (κ3) is 4.37. The normalized spacial score (nSPS) is 12.9. The molecule has 0 aromatic carbocycles. The number of hydrogen-bond acceptors (Lipinski definition) is 3. The monoisotopic (exact) mass is 317 g/mol. The van der Waals surface area contributed by atoms with Crippen molar-refractivity contribution in [3.8, 4) is 0 Å². The highest BCUT2D eigenvalue weighted by Gasteiger charge is 2.15. The van der Waals surface area contributed by atoms with Crippen LogP contribution in [0.4, 0.5) is 0 Å². The Kier molecular flexibility index (Phi) is 6.89. The molecule has 0 aliphatic heterocycles. The van der Waals surface area contributed by atoms with Gasteiger partial charge in [0.25, 0.3) is 0 Å². The van der Waals surface area contributed by atoms with Gasteiger partial charge < -0.3 is 10.5 Å². The minimum absolute atomic E-state index is 0.123. The molecular weight excluding hydrogens is 294 g/mol. The predicted molar refractivity (Wildman–Crippen MR) is 77.7 cm³/mol. The summed E-state index contributed by atoms with van der Waals surface area (Å²) >= 11 is 3.61. The SMILES string of the molecule is CCCOCCC(N)Cc1c(Br)c(CC)nn1C. The lowest BCUT2D eigenvalue weighted by Crippen LogP contribution is -2.26. The Morgan fingerprint density at radius 2 is 2.11 bits per heavy atom. The Hall–Kier alpha value is -0.390. The molecule has 0 saturated heterocycles. The van der Waals surface area contributed by atoms with E-state index >= 15 is 0 Å². The lowest BCUT2D eigenvalue weighted by Gasteiger charge is -2.12. The predicted octanol–water partition coefficient (Wildman–Crippen LogP) is 2.43. The quantitative estimate of drug-likeness (QED) is 0.749. The summed E-state index contributed by atoms with van der Waals surface area (Å²) in [6, 6.07) is 0.123. The standard InChI is InChI=1S/C13H24BrN3O/c1-4-7-18-8-6-10(15)9-12-13(14)11(5-2)16-17(12)3/h10H,4-9,15H2,1-3H3. The van der Waals surface area contributed by atoms with Crippen LogP contribution in [0.5, 0.6) is 0 Å². The minimum Gasteiger partial charge on any atom is -0.381 e. The number of ether oxygens (including phenoxy) is 1. The molecule has 0 saturated carbocycles. The molecule has 1 heterocycles. The van der Waals surface area contributed by atoms with E-state index in [0.717, 1.165) is 49.1 Å². The van der Waals surface area contributed by atoms with Gasteiger partial charge in [-0.2, -0.15) is 5.10 Å². The van der Waals surface area contributed by atoms with E-state index in [1.165, 1.54) is 5.69 Å². The molecule has 1 aromatic heterocycles. The van der Waals surface area contributed by atoms with Crippen molar-refractivity contribution in [1.29, 1.82) is 0 Å². The van der Waals surface area contributed by atoms with E-state index < -0.39 is 0 Å². The Labute approximate surface area is 118 Å². The molecule has 0 aliphatic carbocycles. The molecule has 1 atom stereocenters. The van der Waals surface area contributed by atoms with Gasteiger partial charge in [0, 0.05) is 32.7 Å². The van der Waals surface area contributed by atoms with E-state index in [2.05, 4.69) is 34.9 Å². The van der Waals surface area contributed by atoms with Crippen LogP contribution in [0.2, 0.25) is 0 Å². The van der Waals surface area contributed by atoms with Gasteiger partial charge in [-0.3, -0.25) is 4.68 Å². The number of nitrogens with zero attached hydrogens (tertiary/aromatic N) is 2. The van der Waals surface area contributed by atoms with Crippen LogP contribution in [-0.2, 0) is 24.6 Å². The molecule has 1 aromatic rings. The van der Waals surface area contributed by atoms with Crippen molar-refractivity contribution < 1.29 is 4.74 Å². The molecule has 0 fully saturated rings. The molecule has 18 heavy (non-hydrogen) atoms. The van der Waals surface area contributed by atoms with Gasteiger partial charge in [-0.05, 0) is 35.2 Å². The van der Waals surface area contributed by atoms with E-state index in [1.54, 1.807) is 0 Å². The maximum Gasteiger partial charge on any atom is 0.0766 e. The minimum atomic E-state index is 0.123. The van der Waals surface area contributed by atoms with E-state index in [1.807, 2.05) is 11.7 Å². The first-order valence-electron chi connectivity index (χ1n) is 6.63. The van der Waals surface area contributed by atoms with Crippen LogP contribution in [0.3, 0.4) is 0 Å². The Morgan fingerprint density at radius 3 is 2.67 bits per heavy atom. The summed E-state index contributed by atoms with van der Waals surface area (Å²) < 4.78 is 8.50. The van der Waals surface area contributed by atoms with Gasteiger partial charge in [-0.15, -0.1) is 0 Å². The van der Waals surface area contributed by atoms with Crippen molar-refractivity contribution in [3.05, 3.63) is 15.9 Å². The van der Waals surface area contributed by atoms with Crippen LogP contribution in [0.1, 0.15) is 38.1 Å². The second kappa shape index (κ2) is 7.92. The molecule has 1 unspecified atom stereocenters. The highest BCUT2D eigenvalue weighted by molar-refractivity contribution is 9.10. The summed E-state index contributed by atoms with van der Waals surface area (Å²) in [4.78, 5) is 0. The number of rotatable bonds is 8. The maximum atomic E-state index is 6.13. The molecule has 104 valence electrons. The zero-order chi connectivity index (χ0) is 13.5. The second-order valence-corrected chi connectivity index (χ2v) is 5.34. The van der Waals surface area contributed by atoms with Crippen molar-refractivity contribution in [3.63, 3.8) is 0 Å². The zero-order valence-electron chi connectivity index (χ0n) is 11.6. The van der Waals surface area contributed by atoms with Crippen molar-refractivity contribution in [2.24, 2.45) is 12.8 Å². The number of halogens is 1. The van der Waals surface area contributed by atoms with Gasteiger partial charge in [-0.25, -0.2) is 0 Å². The van der Waals surface area contributed by atoms with Gasteiger partial charge in [0.2, 0.25) is 0 Å². The van der Waals surface area contributed by atoms with Gasteiger partial charge in [0.1, 0.15) is 0 Å². The van der Waals surface area contributed by atoms with Gasteiger partial charge in [0.15, 0.2) is 0 Å². The number of nitrogens with two attached hydrogens (primary N) is 1. The molecule has 1 rings (SSSR count). The Balaban J connectivity index is 2.48. The van der Waals surface area contributed by atoms with Crippen molar-refractivity contribution in [2.75, 3.05) is 13.2 Å². The van der Waals surface area contributed by atoms with Crippen LogP contribution in [0, 0.1) is 0 Å². The zero-order valence-corrected chi connectivity index (χ0v) is 13.2. The molecule has 5 heteroatoms. The van der Waals surface area contributed by atoms with Crippen molar-refractivity contribution >= 4 is 15.9 Å². The number of aromatic nitrogens is 2. The van der Waals surface area contributed by atoms with Gasteiger partial charge in [0.05, 0.1) is 15.9 Å². The summed E-state index contributed by atoms with van der Waals surface area (Å²) in [5, 5.41) is 4.47. The Bertz CT molecular complexity index is 365. The maximum absolute atomic E-state index is 6.13. The molecule has 0 spiro atoms. The van der Waals surface area contributed by atoms with Crippen LogP contribution in [0.15, 0.2) is 4.47 Å². The number of aryl methyl sites for hydroxylation is 2. The molecule has 4 nitrogen and oxygen atoms in total. The molecule has 0 radical (unpaired) electrons. The lowest BCUT2D eigenvalue weighted by atomic mass is 10.1. The summed E-state index contributed by atoms with van der Waals surface area (Å²) in [5.74, 6) is 0.